The van der Waals surface area contributed by atoms with Gasteiger partial charge in [0.25, 0.3) is 0 Å². The zero-order chi connectivity index (χ0) is 14.7. The molecule has 102 valence electrons. The van der Waals surface area contributed by atoms with Gasteiger partial charge in [-0.1, -0.05) is 35.5 Å². The van der Waals surface area contributed by atoms with Crippen molar-refractivity contribution in [2.45, 2.75) is 16.7 Å². The number of aromatic carboxylic acids is 1. The highest BCUT2D eigenvalue weighted by molar-refractivity contribution is 7.99. The molecule has 0 spiro atoms. The number of ketones is 1. The van der Waals surface area contributed by atoms with E-state index >= 15 is 0 Å². The second kappa shape index (κ2) is 6.11. The quantitative estimate of drug-likeness (QED) is 0.851. The second-order valence-electron chi connectivity index (χ2n) is 4.13. The molecule has 3 nitrogen and oxygen atoms in total. The smallest absolute Gasteiger partial charge is 0.336 e. The third-order valence-electron chi connectivity index (χ3n) is 2.66. The molecule has 2 aromatic rings. The number of carboxylic acids is 1. The molecule has 0 aliphatic rings. The van der Waals surface area contributed by atoms with Crippen LogP contribution in [0.25, 0.3) is 0 Å². The van der Waals surface area contributed by atoms with Gasteiger partial charge in [-0.05, 0) is 37.3 Å². The summed E-state index contributed by atoms with van der Waals surface area (Å²) >= 11 is 7.13. The molecule has 1 N–H and O–H groups in total. The average Bonchev–Trinajstić information content (AvgIpc) is 2.41. The van der Waals surface area contributed by atoms with Gasteiger partial charge < -0.3 is 5.11 Å². The summed E-state index contributed by atoms with van der Waals surface area (Å²) in [5.74, 6) is -1.02. The van der Waals surface area contributed by atoms with E-state index in [0.29, 0.717) is 15.5 Å². The predicted octanol–water partition coefficient (Wildman–Crippen LogP) is 4.39. The maximum Gasteiger partial charge on any atom is 0.336 e. The lowest BCUT2D eigenvalue weighted by molar-refractivity contribution is 0.0693. The minimum Gasteiger partial charge on any atom is -0.478 e. The van der Waals surface area contributed by atoms with Crippen LogP contribution in [0, 0.1) is 0 Å². The van der Waals surface area contributed by atoms with E-state index in [-0.39, 0.29) is 11.3 Å². The van der Waals surface area contributed by atoms with Crippen LogP contribution >= 0.6 is 23.4 Å². The Morgan fingerprint density at radius 2 is 1.75 bits per heavy atom. The molecular formula is C15H11ClO3S. The van der Waals surface area contributed by atoms with Gasteiger partial charge in [0.05, 0.1) is 5.56 Å². The minimum atomic E-state index is -1.02. The van der Waals surface area contributed by atoms with E-state index in [4.69, 9.17) is 16.7 Å². The first-order valence-corrected chi connectivity index (χ1v) is 6.98. The molecule has 5 heteroatoms. The van der Waals surface area contributed by atoms with Crippen LogP contribution in [0.4, 0.5) is 0 Å². The van der Waals surface area contributed by atoms with Gasteiger partial charge in [-0.15, -0.1) is 0 Å². The number of Topliss-reactive ketones (excluding diaryl/α,β-unsaturated/α-hetero) is 1. The molecule has 0 aliphatic carbocycles. The van der Waals surface area contributed by atoms with Gasteiger partial charge in [-0.25, -0.2) is 4.79 Å². The van der Waals surface area contributed by atoms with Crippen molar-refractivity contribution in [3.05, 3.63) is 58.6 Å². The summed E-state index contributed by atoms with van der Waals surface area (Å²) in [6.45, 7) is 1.50. The fourth-order valence-corrected chi connectivity index (χ4v) is 2.73. The van der Waals surface area contributed by atoms with Crippen LogP contribution < -0.4 is 0 Å². The van der Waals surface area contributed by atoms with Crippen molar-refractivity contribution in [2.75, 3.05) is 0 Å². The van der Waals surface area contributed by atoms with Crippen molar-refractivity contribution in [2.24, 2.45) is 0 Å². The SMILES string of the molecule is CC(=O)c1ccc(Sc2ccc(Cl)cc2C(=O)O)cc1. The molecule has 0 aliphatic heterocycles. The van der Waals surface area contributed by atoms with E-state index in [1.807, 2.05) is 0 Å². The highest BCUT2D eigenvalue weighted by Crippen LogP contribution is 2.32. The molecule has 2 aromatic carbocycles. The Morgan fingerprint density at radius 3 is 2.30 bits per heavy atom. The number of hydrogen-bond donors (Lipinski definition) is 1. The van der Waals surface area contributed by atoms with Crippen LogP contribution in [0.2, 0.25) is 5.02 Å². The first kappa shape index (κ1) is 14.6. The van der Waals surface area contributed by atoms with Crippen molar-refractivity contribution in [1.29, 1.82) is 0 Å². The number of hydrogen-bond acceptors (Lipinski definition) is 3. The van der Waals surface area contributed by atoms with Gasteiger partial charge in [0.15, 0.2) is 5.78 Å². The number of carbonyl (C=O) groups excluding carboxylic acids is 1. The third-order valence-corrected chi connectivity index (χ3v) is 3.98. The number of carboxylic acid groups (broad SMARTS) is 1. The highest BCUT2D eigenvalue weighted by atomic mass is 35.5. The molecule has 0 amide bonds. The zero-order valence-corrected chi connectivity index (χ0v) is 12.2. The highest BCUT2D eigenvalue weighted by Gasteiger charge is 2.12. The summed E-state index contributed by atoms with van der Waals surface area (Å²) in [5.41, 5.74) is 0.794. The normalized spacial score (nSPS) is 10.3. The van der Waals surface area contributed by atoms with Crippen LogP contribution in [0.15, 0.2) is 52.3 Å². The molecule has 0 bridgehead atoms. The lowest BCUT2D eigenvalue weighted by atomic mass is 10.2. The number of benzene rings is 2. The Bertz CT molecular complexity index is 665. The van der Waals surface area contributed by atoms with Crippen molar-refractivity contribution < 1.29 is 14.7 Å². The predicted molar refractivity (Wildman–Crippen MR) is 79.0 cm³/mol. The molecule has 0 atom stereocenters. The van der Waals surface area contributed by atoms with E-state index < -0.39 is 5.97 Å². The van der Waals surface area contributed by atoms with Gasteiger partial charge in [0.1, 0.15) is 0 Å². The third kappa shape index (κ3) is 3.40. The van der Waals surface area contributed by atoms with Gasteiger partial charge in [0.2, 0.25) is 0 Å². The van der Waals surface area contributed by atoms with Crippen LogP contribution in [0.5, 0.6) is 0 Å². The van der Waals surface area contributed by atoms with Crippen LogP contribution in [-0.4, -0.2) is 16.9 Å². The van der Waals surface area contributed by atoms with Crippen LogP contribution in [0.3, 0.4) is 0 Å². The summed E-state index contributed by atoms with van der Waals surface area (Å²) in [7, 11) is 0. The van der Waals surface area contributed by atoms with E-state index in [1.54, 1.807) is 36.4 Å². The van der Waals surface area contributed by atoms with E-state index in [1.165, 1.54) is 24.8 Å². The molecule has 0 heterocycles. The van der Waals surface area contributed by atoms with Crippen LogP contribution in [0.1, 0.15) is 27.6 Å². The Balaban J connectivity index is 2.30. The summed E-state index contributed by atoms with van der Waals surface area (Å²) in [5, 5.41) is 9.56. The number of rotatable bonds is 4. The zero-order valence-electron chi connectivity index (χ0n) is 10.6. The molecule has 2 rings (SSSR count). The van der Waals surface area contributed by atoms with Gasteiger partial charge in [0, 0.05) is 20.4 Å². The molecule has 20 heavy (non-hydrogen) atoms. The topological polar surface area (TPSA) is 54.4 Å². The Hall–Kier alpha value is -1.78. The molecular weight excluding hydrogens is 296 g/mol. The molecule has 0 saturated heterocycles. The largest absolute Gasteiger partial charge is 0.478 e. The Kier molecular flexibility index (Phi) is 4.47. The van der Waals surface area contributed by atoms with E-state index in [2.05, 4.69) is 0 Å². The number of carbonyl (C=O) groups is 2. The summed E-state index contributed by atoms with van der Waals surface area (Å²) in [6, 6.07) is 11.8. The minimum absolute atomic E-state index is 0.000678. The van der Waals surface area contributed by atoms with Crippen molar-refractivity contribution in [1.82, 2.24) is 0 Å². The first-order chi connectivity index (χ1) is 9.47. The monoisotopic (exact) mass is 306 g/mol. The Labute approximate surface area is 125 Å². The van der Waals surface area contributed by atoms with Crippen molar-refractivity contribution in [3.8, 4) is 0 Å². The fraction of sp³-hybridized carbons (Fsp3) is 0.0667. The summed E-state index contributed by atoms with van der Waals surface area (Å²) < 4.78 is 0. The molecule has 0 aromatic heterocycles. The maximum absolute atomic E-state index is 11.2. The van der Waals surface area contributed by atoms with E-state index in [9.17, 15) is 9.59 Å². The Morgan fingerprint density at radius 1 is 1.10 bits per heavy atom. The molecule has 0 fully saturated rings. The summed E-state index contributed by atoms with van der Waals surface area (Å²) in [6.07, 6.45) is 0. The van der Waals surface area contributed by atoms with Gasteiger partial charge in [-0.3, -0.25) is 4.79 Å². The first-order valence-electron chi connectivity index (χ1n) is 5.79. The maximum atomic E-state index is 11.2. The van der Waals surface area contributed by atoms with Crippen molar-refractivity contribution >= 4 is 35.1 Å². The van der Waals surface area contributed by atoms with Gasteiger partial charge in [-0.2, -0.15) is 0 Å². The lowest BCUT2D eigenvalue weighted by Crippen LogP contribution is -1.98. The number of halogens is 1. The second-order valence-corrected chi connectivity index (χ2v) is 5.68. The van der Waals surface area contributed by atoms with E-state index in [0.717, 1.165) is 4.90 Å². The van der Waals surface area contributed by atoms with Crippen molar-refractivity contribution in [3.63, 3.8) is 0 Å². The lowest BCUT2D eigenvalue weighted by Gasteiger charge is -2.06. The van der Waals surface area contributed by atoms with Gasteiger partial charge >= 0.3 is 5.97 Å². The van der Waals surface area contributed by atoms with Crippen LogP contribution in [-0.2, 0) is 0 Å². The average molecular weight is 307 g/mol. The molecule has 0 radical (unpaired) electrons. The fourth-order valence-electron chi connectivity index (χ4n) is 1.64. The molecule has 0 saturated carbocycles. The standard InChI is InChI=1S/C15H11ClO3S/c1-9(17)10-2-5-12(6-3-10)20-14-7-4-11(16)8-13(14)15(18)19/h2-8H,1H3,(H,18,19). The summed E-state index contributed by atoms with van der Waals surface area (Å²) in [4.78, 5) is 23.9. The molecule has 0 unspecified atom stereocenters.